The normalized spacial score (nSPS) is 18.9. The van der Waals surface area contributed by atoms with Crippen molar-refractivity contribution in [2.24, 2.45) is 0 Å². The Morgan fingerprint density at radius 1 is 1.18 bits per heavy atom. The van der Waals surface area contributed by atoms with Gasteiger partial charge in [-0.15, -0.1) is 0 Å². The molecule has 1 aliphatic heterocycles. The quantitative estimate of drug-likeness (QED) is 0.348. The third-order valence-corrected chi connectivity index (χ3v) is 10.3. The first-order valence-electron chi connectivity index (χ1n) is 14.3. The predicted octanol–water partition coefficient (Wildman–Crippen LogP) is 4.26. The van der Waals surface area contributed by atoms with Crippen molar-refractivity contribution in [3.63, 3.8) is 0 Å². The molecule has 2 aliphatic rings. The van der Waals surface area contributed by atoms with E-state index in [0.29, 0.717) is 41.8 Å². The minimum atomic E-state index is -3.52. The second-order valence-electron chi connectivity index (χ2n) is 11.1. The molecule has 5 rings (SSSR count). The largest absolute Gasteiger partial charge is 0.390 e. The average Bonchev–Trinajstić information content (AvgIpc) is 3.27. The lowest BCUT2D eigenvalue weighted by molar-refractivity contribution is 0.0821. The molecule has 40 heavy (non-hydrogen) atoms. The van der Waals surface area contributed by atoms with E-state index in [4.69, 9.17) is 11.6 Å². The fourth-order valence-electron chi connectivity index (χ4n) is 6.01. The van der Waals surface area contributed by atoms with Crippen LogP contribution in [-0.2, 0) is 29.4 Å². The first kappa shape index (κ1) is 28.9. The van der Waals surface area contributed by atoms with Crippen LogP contribution in [0.5, 0.6) is 0 Å². The Labute approximate surface area is 241 Å². The summed E-state index contributed by atoms with van der Waals surface area (Å²) >= 11 is 6.23. The SMILES string of the molecule is CCc1cn2c3c(cc(C(=O)N[C@@H](Cc4cccc(Cl)c4)[C@H](O)CNC4CCCCC4)cc13)N(C)S(=O)(=O)CC2. The van der Waals surface area contributed by atoms with Crippen LogP contribution < -0.4 is 14.9 Å². The maximum absolute atomic E-state index is 13.8. The molecule has 2 atom stereocenters. The van der Waals surface area contributed by atoms with Gasteiger partial charge in [0.1, 0.15) is 0 Å². The summed E-state index contributed by atoms with van der Waals surface area (Å²) in [7, 11) is -1.98. The highest BCUT2D eigenvalue weighted by molar-refractivity contribution is 7.92. The van der Waals surface area contributed by atoms with Crippen LogP contribution in [0.1, 0.15) is 60.5 Å². The number of halogens is 1. The molecule has 3 aromatic rings. The highest BCUT2D eigenvalue weighted by Crippen LogP contribution is 2.35. The maximum atomic E-state index is 13.8. The van der Waals surface area contributed by atoms with Gasteiger partial charge in [-0.25, -0.2) is 8.42 Å². The number of rotatable bonds is 9. The van der Waals surface area contributed by atoms with E-state index in [9.17, 15) is 18.3 Å². The van der Waals surface area contributed by atoms with E-state index in [1.165, 1.54) is 23.6 Å². The van der Waals surface area contributed by atoms with Crippen molar-refractivity contribution in [2.75, 3.05) is 23.7 Å². The number of aromatic nitrogens is 1. The Kier molecular flexibility index (Phi) is 8.75. The van der Waals surface area contributed by atoms with E-state index in [0.717, 1.165) is 41.3 Å². The van der Waals surface area contributed by atoms with Crippen molar-refractivity contribution in [2.45, 2.75) is 76.6 Å². The Hall–Kier alpha value is -2.59. The first-order valence-corrected chi connectivity index (χ1v) is 16.2. The van der Waals surface area contributed by atoms with Crippen LogP contribution in [-0.4, -0.2) is 61.5 Å². The fourth-order valence-corrected chi connectivity index (χ4v) is 7.36. The van der Waals surface area contributed by atoms with Crippen molar-refractivity contribution >= 4 is 44.1 Å². The number of nitrogens with one attached hydrogen (secondary N) is 2. The summed E-state index contributed by atoms with van der Waals surface area (Å²) in [5, 5.41) is 19.3. The lowest BCUT2D eigenvalue weighted by Gasteiger charge is -2.28. The van der Waals surface area contributed by atoms with E-state index >= 15 is 0 Å². The number of nitrogens with zero attached hydrogens (tertiary/aromatic N) is 2. The monoisotopic (exact) mass is 586 g/mol. The fraction of sp³-hybridized carbons (Fsp3) is 0.500. The molecule has 1 aromatic heterocycles. The number of carbonyl (C=O) groups is 1. The van der Waals surface area contributed by atoms with Crippen molar-refractivity contribution < 1.29 is 18.3 Å². The van der Waals surface area contributed by atoms with Crippen molar-refractivity contribution in [3.05, 3.63) is 64.3 Å². The van der Waals surface area contributed by atoms with E-state index in [-0.39, 0.29) is 11.7 Å². The lowest BCUT2D eigenvalue weighted by atomic mass is 9.94. The van der Waals surface area contributed by atoms with Gasteiger partial charge in [-0.05, 0) is 61.1 Å². The number of aliphatic hydroxyl groups excluding tert-OH is 1. The minimum Gasteiger partial charge on any atom is -0.390 e. The summed E-state index contributed by atoms with van der Waals surface area (Å²) < 4.78 is 29.1. The Bertz CT molecular complexity index is 1480. The maximum Gasteiger partial charge on any atom is 0.251 e. The van der Waals surface area contributed by atoms with Crippen LogP contribution >= 0.6 is 11.6 Å². The zero-order chi connectivity index (χ0) is 28.4. The van der Waals surface area contributed by atoms with Crippen molar-refractivity contribution in [3.8, 4) is 0 Å². The number of benzene rings is 2. The van der Waals surface area contributed by atoms with Gasteiger partial charge in [0.05, 0.1) is 29.1 Å². The van der Waals surface area contributed by atoms with Gasteiger partial charge in [-0.1, -0.05) is 49.9 Å². The zero-order valence-corrected chi connectivity index (χ0v) is 24.8. The van der Waals surface area contributed by atoms with Crippen molar-refractivity contribution in [1.82, 2.24) is 15.2 Å². The second kappa shape index (κ2) is 12.1. The summed E-state index contributed by atoms with van der Waals surface area (Å²) in [6.45, 7) is 2.78. The van der Waals surface area contributed by atoms with Crippen LogP contribution in [0.25, 0.3) is 10.9 Å². The molecule has 0 saturated heterocycles. The highest BCUT2D eigenvalue weighted by atomic mass is 35.5. The van der Waals surface area contributed by atoms with Gasteiger partial charge in [0.15, 0.2) is 0 Å². The summed E-state index contributed by atoms with van der Waals surface area (Å²) in [6, 6.07) is 10.7. The van der Waals surface area contributed by atoms with Crippen LogP contribution in [0.3, 0.4) is 0 Å². The summed E-state index contributed by atoms with van der Waals surface area (Å²) in [6.07, 6.45) is 8.14. The smallest absolute Gasteiger partial charge is 0.251 e. The molecule has 1 aliphatic carbocycles. The molecule has 1 saturated carbocycles. The van der Waals surface area contributed by atoms with E-state index in [2.05, 4.69) is 17.6 Å². The Balaban J connectivity index is 1.44. The average molecular weight is 587 g/mol. The number of anilines is 1. The Morgan fingerprint density at radius 2 is 1.95 bits per heavy atom. The summed E-state index contributed by atoms with van der Waals surface area (Å²) in [5.41, 5.74) is 3.65. The molecular weight excluding hydrogens is 548 g/mol. The van der Waals surface area contributed by atoms with Gasteiger partial charge < -0.3 is 20.3 Å². The number of amides is 1. The lowest BCUT2D eigenvalue weighted by Crippen LogP contribution is -2.50. The molecule has 3 N–H and O–H groups in total. The number of hydrogen-bond acceptors (Lipinski definition) is 5. The van der Waals surface area contributed by atoms with Gasteiger partial charge in [-0.3, -0.25) is 9.10 Å². The van der Waals surface area contributed by atoms with Gasteiger partial charge >= 0.3 is 0 Å². The van der Waals surface area contributed by atoms with Gasteiger partial charge in [-0.2, -0.15) is 0 Å². The van der Waals surface area contributed by atoms with Crippen LogP contribution in [0, 0.1) is 0 Å². The number of aliphatic hydroxyl groups is 1. The summed E-state index contributed by atoms with van der Waals surface area (Å²) in [5.74, 6) is -0.360. The second-order valence-corrected chi connectivity index (χ2v) is 13.7. The molecule has 1 amide bonds. The molecule has 2 aromatic carbocycles. The topological polar surface area (TPSA) is 104 Å². The summed E-state index contributed by atoms with van der Waals surface area (Å²) in [4.78, 5) is 13.8. The minimum absolute atomic E-state index is 0.00542. The van der Waals surface area contributed by atoms with Gasteiger partial charge in [0, 0.05) is 48.3 Å². The molecule has 0 bridgehead atoms. The van der Waals surface area contributed by atoms with Crippen LogP contribution in [0.15, 0.2) is 42.6 Å². The van der Waals surface area contributed by atoms with Gasteiger partial charge in [0.25, 0.3) is 5.91 Å². The third-order valence-electron chi connectivity index (χ3n) is 8.37. The zero-order valence-electron chi connectivity index (χ0n) is 23.2. The molecule has 1 fully saturated rings. The molecular formula is C30H39ClN4O4S. The molecule has 0 spiro atoms. The standard InChI is InChI=1S/C30H39ClN4O4S/c1-3-21-19-35-12-13-40(38,39)34(2)27-17-22(16-25(21)29(27)35)30(37)33-26(15-20-8-7-9-23(31)14-20)28(36)18-32-24-10-5-4-6-11-24/h7-9,14,16-17,19,24,26,28,32,36H,3-6,10-13,15,18H2,1-2H3,(H,33,37)/t26-,28+/m0/s1. The van der Waals surface area contributed by atoms with E-state index in [1.54, 1.807) is 19.2 Å². The van der Waals surface area contributed by atoms with Crippen LogP contribution in [0.2, 0.25) is 5.02 Å². The number of aryl methyl sites for hydroxylation is 2. The molecule has 8 nitrogen and oxygen atoms in total. The number of sulfonamides is 1. The van der Waals surface area contributed by atoms with E-state index in [1.807, 2.05) is 35.0 Å². The van der Waals surface area contributed by atoms with Crippen molar-refractivity contribution in [1.29, 1.82) is 0 Å². The molecule has 10 heteroatoms. The third kappa shape index (κ3) is 6.17. The molecule has 0 radical (unpaired) electrons. The highest BCUT2D eigenvalue weighted by Gasteiger charge is 2.29. The van der Waals surface area contributed by atoms with E-state index < -0.39 is 22.2 Å². The number of carbonyl (C=O) groups excluding carboxylic acids is 1. The predicted molar refractivity (Wildman–Crippen MR) is 161 cm³/mol. The number of hydrogen-bond donors (Lipinski definition) is 3. The molecule has 216 valence electrons. The Morgan fingerprint density at radius 3 is 2.67 bits per heavy atom. The molecule has 0 unspecified atom stereocenters. The van der Waals surface area contributed by atoms with Gasteiger partial charge in [0.2, 0.25) is 10.0 Å². The molecule has 2 heterocycles. The van der Waals surface area contributed by atoms with Crippen LogP contribution in [0.4, 0.5) is 5.69 Å². The first-order chi connectivity index (χ1) is 19.2.